The van der Waals surface area contributed by atoms with E-state index in [1.54, 1.807) is 0 Å². The standard InChI is InChI=1S/C19H8F12O2/c20-13(21)15(24)32-11-7-3-1-5-9(11)17(26,18(27,28)19(29,30)31)10-6-2-4-8-12(10)33-16(25)14(22)23/h1-8H. The number of alkyl halides is 6. The fourth-order valence-electron chi connectivity index (χ4n) is 2.63. The van der Waals surface area contributed by atoms with Gasteiger partial charge in [0.2, 0.25) is 5.67 Å². The van der Waals surface area contributed by atoms with Crippen molar-refractivity contribution in [2.24, 2.45) is 0 Å². The van der Waals surface area contributed by atoms with Gasteiger partial charge in [-0.1, -0.05) is 36.4 Å². The summed E-state index contributed by atoms with van der Waals surface area (Å²) in [5.74, 6) is -9.56. The maximum Gasteiger partial charge on any atom is 0.457 e. The molecule has 2 aromatic rings. The van der Waals surface area contributed by atoms with Crippen molar-refractivity contribution < 1.29 is 62.2 Å². The fourth-order valence-corrected chi connectivity index (χ4v) is 2.63. The van der Waals surface area contributed by atoms with Gasteiger partial charge >= 0.3 is 36.3 Å². The Morgan fingerprint density at radius 2 is 0.879 bits per heavy atom. The van der Waals surface area contributed by atoms with Crippen LogP contribution in [0.3, 0.4) is 0 Å². The van der Waals surface area contributed by atoms with Gasteiger partial charge in [-0.2, -0.15) is 48.3 Å². The molecule has 2 aromatic carbocycles. The van der Waals surface area contributed by atoms with Crippen LogP contribution < -0.4 is 9.47 Å². The number of benzene rings is 2. The Kier molecular flexibility index (Phi) is 7.29. The highest BCUT2D eigenvalue weighted by Crippen LogP contribution is 2.58. The van der Waals surface area contributed by atoms with Crippen LogP contribution in [-0.2, 0) is 5.67 Å². The first-order valence-corrected chi connectivity index (χ1v) is 8.24. The van der Waals surface area contributed by atoms with E-state index < -0.39 is 64.6 Å². The van der Waals surface area contributed by atoms with Gasteiger partial charge in [0.05, 0.1) is 0 Å². The highest BCUT2D eigenvalue weighted by Gasteiger charge is 2.74. The van der Waals surface area contributed by atoms with Crippen LogP contribution in [0.5, 0.6) is 11.5 Å². The Balaban J connectivity index is 2.93. The maximum absolute atomic E-state index is 16.1. The second kappa shape index (κ2) is 9.27. The van der Waals surface area contributed by atoms with Gasteiger partial charge in [-0.3, -0.25) is 0 Å². The van der Waals surface area contributed by atoms with Crippen molar-refractivity contribution in [1.82, 2.24) is 0 Å². The van der Waals surface area contributed by atoms with Crippen molar-refractivity contribution in [3.63, 3.8) is 0 Å². The third-order valence-electron chi connectivity index (χ3n) is 4.00. The predicted octanol–water partition coefficient (Wildman–Crippen LogP) is 7.93. The van der Waals surface area contributed by atoms with Crippen LogP contribution in [-0.4, -0.2) is 12.1 Å². The molecule has 0 aliphatic heterocycles. The zero-order chi connectivity index (χ0) is 25.2. The Labute approximate surface area is 176 Å². The van der Waals surface area contributed by atoms with Crippen molar-refractivity contribution in [2.45, 2.75) is 17.8 Å². The van der Waals surface area contributed by atoms with Crippen LogP contribution >= 0.6 is 0 Å². The Bertz CT molecular complexity index is 997. The van der Waals surface area contributed by atoms with Gasteiger partial charge < -0.3 is 9.47 Å². The van der Waals surface area contributed by atoms with Crippen LogP contribution in [0.15, 0.2) is 72.7 Å². The number of rotatable bonds is 7. The molecule has 0 amide bonds. The molecule has 0 aliphatic carbocycles. The first-order chi connectivity index (χ1) is 15.1. The molecule has 2 nitrogen and oxygen atoms in total. The van der Waals surface area contributed by atoms with E-state index in [4.69, 9.17) is 0 Å². The smallest absolute Gasteiger partial charge is 0.427 e. The van der Waals surface area contributed by atoms with Crippen molar-refractivity contribution in [2.75, 3.05) is 0 Å². The SMILES string of the molecule is FC(F)=C(F)Oc1ccccc1C(F)(c1ccccc1OC(F)=C(F)F)C(F)(F)C(F)(F)F. The zero-order valence-electron chi connectivity index (χ0n) is 15.5. The predicted molar refractivity (Wildman–Crippen MR) is 87.7 cm³/mol. The van der Waals surface area contributed by atoms with Gasteiger partial charge in [0.1, 0.15) is 11.5 Å². The lowest BCUT2D eigenvalue weighted by Crippen LogP contribution is -2.53. The van der Waals surface area contributed by atoms with E-state index in [-0.39, 0.29) is 12.1 Å². The fraction of sp³-hybridized carbons (Fsp3) is 0.158. The largest absolute Gasteiger partial charge is 0.457 e. The summed E-state index contributed by atoms with van der Waals surface area (Å²) in [6.07, 6.45) is -13.0. The quantitative estimate of drug-likeness (QED) is 0.286. The maximum atomic E-state index is 16.1. The highest BCUT2D eigenvalue weighted by molar-refractivity contribution is 5.52. The van der Waals surface area contributed by atoms with Gasteiger partial charge in [0.15, 0.2) is 0 Å². The lowest BCUT2D eigenvalue weighted by atomic mass is 9.81. The summed E-state index contributed by atoms with van der Waals surface area (Å²) in [7, 11) is 0. The van der Waals surface area contributed by atoms with Crippen LogP contribution in [0, 0.1) is 0 Å². The minimum atomic E-state index is -6.69. The Morgan fingerprint density at radius 1 is 0.545 bits per heavy atom. The molecule has 0 spiro atoms. The minimum Gasteiger partial charge on any atom is -0.427 e. The molecule has 0 aromatic heterocycles. The molecule has 0 atom stereocenters. The summed E-state index contributed by atoms with van der Waals surface area (Å²) in [6.45, 7) is 0. The molecule has 0 fully saturated rings. The van der Waals surface area contributed by atoms with E-state index in [0.29, 0.717) is 24.3 Å². The van der Waals surface area contributed by atoms with E-state index in [9.17, 15) is 48.3 Å². The summed E-state index contributed by atoms with van der Waals surface area (Å²) < 4.78 is 169. The van der Waals surface area contributed by atoms with E-state index >= 15 is 4.39 Å². The second-order valence-electron chi connectivity index (χ2n) is 6.00. The molecule has 0 radical (unpaired) electrons. The Morgan fingerprint density at radius 3 is 1.18 bits per heavy atom. The number of halogens is 12. The second-order valence-corrected chi connectivity index (χ2v) is 6.00. The third kappa shape index (κ3) is 4.88. The minimum absolute atomic E-state index is 0.205. The third-order valence-corrected chi connectivity index (χ3v) is 4.00. The molecule has 14 heteroatoms. The number of hydrogen-bond donors (Lipinski definition) is 0. The van der Waals surface area contributed by atoms with Crippen molar-refractivity contribution >= 4 is 0 Å². The monoisotopic (exact) mass is 496 g/mol. The molecule has 0 bridgehead atoms. The number of hydrogen-bond acceptors (Lipinski definition) is 2. The molecule has 0 heterocycles. The molecule has 0 saturated carbocycles. The molecule has 33 heavy (non-hydrogen) atoms. The zero-order valence-corrected chi connectivity index (χ0v) is 15.5. The van der Waals surface area contributed by atoms with Crippen LogP contribution in [0.4, 0.5) is 52.7 Å². The molecule has 180 valence electrons. The first kappa shape index (κ1) is 25.9. The molecule has 0 unspecified atom stereocenters. The van der Waals surface area contributed by atoms with Gasteiger partial charge in [0.25, 0.3) is 0 Å². The molecular formula is C19H8F12O2. The molecule has 0 aliphatic rings. The summed E-state index contributed by atoms with van der Waals surface area (Å²) in [4.78, 5) is 0. The topological polar surface area (TPSA) is 18.5 Å². The summed E-state index contributed by atoms with van der Waals surface area (Å²) in [5.41, 5.74) is -8.90. The van der Waals surface area contributed by atoms with Crippen LogP contribution in [0.2, 0.25) is 0 Å². The molecule has 0 N–H and O–H groups in total. The van der Waals surface area contributed by atoms with Gasteiger partial charge in [0, 0.05) is 11.1 Å². The normalized spacial score (nSPS) is 12.2. The van der Waals surface area contributed by atoms with Crippen molar-refractivity contribution in [3.8, 4) is 11.5 Å². The molecular weight excluding hydrogens is 488 g/mol. The van der Waals surface area contributed by atoms with Crippen LogP contribution in [0.1, 0.15) is 11.1 Å². The number of ether oxygens (including phenoxy) is 2. The molecule has 0 saturated heterocycles. The summed E-state index contributed by atoms with van der Waals surface area (Å²) >= 11 is 0. The van der Waals surface area contributed by atoms with Crippen molar-refractivity contribution in [3.05, 3.63) is 83.8 Å². The average Bonchev–Trinajstić information content (AvgIpc) is 2.72. The van der Waals surface area contributed by atoms with Crippen LogP contribution in [0.25, 0.3) is 0 Å². The van der Waals surface area contributed by atoms with Gasteiger partial charge in [-0.25, -0.2) is 4.39 Å². The van der Waals surface area contributed by atoms with Gasteiger partial charge in [-0.05, 0) is 12.1 Å². The highest BCUT2D eigenvalue weighted by atomic mass is 19.4. The number of para-hydroxylation sites is 2. The van der Waals surface area contributed by atoms with E-state index in [1.807, 2.05) is 0 Å². The van der Waals surface area contributed by atoms with E-state index in [1.165, 1.54) is 0 Å². The lowest BCUT2D eigenvalue weighted by Gasteiger charge is -2.36. The summed E-state index contributed by atoms with van der Waals surface area (Å²) in [6, 6.07) is -1.42. The average molecular weight is 496 g/mol. The van der Waals surface area contributed by atoms with E-state index in [0.717, 1.165) is 12.1 Å². The summed E-state index contributed by atoms with van der Waals surface area (Å²) in [5, 5.41) is 0. The lowest BCUT2D eigenvalue weighted by molar-refractivity contribution is -0.323. The van der Waals surface area contributed by atoms with Crippen molar-refractivity contribution in [1.29, 1.82) is 0 Å². The first-order valence-electron chi connectivity index (χ1n) is 8.24. The van der Waals surface area contributed by atoms with Gasteiger partial charge in [-0.15, -0.1) is 0 Å². The molecule has 2 rings (SSSR count). The van der Waals surface area contributed by atoms with E-state index in [2.05, 4.69) is 9.47 Å². The Hall–Kier alpha value is -3.32.